The summed E-state index contributed by atoms with van der Waals surface area (Å²) in [6.45, 7) is 15.4. The highest BCUT2D eigenvalue weighted by atomic mass is 16.6. The molecule has 1 N–H and O–H groups in total. The Kier molecular flexibility index (Phi) is 9.30. The number of hydrogen-bond donors (Lipinski definition) is 1. The molecule has 6 atom stereocenters. The summed E-state index contributed by atoms with van der Waals surface area (Å²) in [4.78, 5) is 23.0. The van der Waals surface area contributed by atoms with Crippen LogP contribution in [-0.4, -0.2) is 34.9 Å². The van der Waals surface area contributed by atoms with Gasteiger partial charge in [-0.05, 0) is 100 Å². The van der Waals surface area contributed by atoms with Crippen LogP contribution in [0.15, 0.2) is 35.5 Å². The molecule has 0 aromatic rings. The van der Waals surface area contributed by atoms with Crippen molar-refractivity contribution in [2.24, 2.45) is 23.2 Å². The number of rotatable bonds is 8. The van der Waals surface area contributed by atoms with Gasteiger partial charge in [0.15, 0.2) is 0 Å². The van der Waals surface area contributed by atoms with Crippen LogP contribution in [0.3, 0.4) is 0 Å². The van der Waals surface area contributed by atoms with Gasteiger partial charge in [0.1, 0.15) is 12.2 Å². The lowest BCUT2D eigenvalue weighted by Crippen LogP contribution is -2.40. The summed E-state index contributed by atoms with van der Waals surface area (Å²) in [6, 6.07) is 0. The number of allylic oxidation sites excluding steroid dienone is 4. The molecule has 3 rings (SSSR count). The molecule has 0 aromatic heterocycles. The van der Waals surface area contributed by atoms with Gasteiger partial charge in [-0.25, -0.2) is 0 Å². The molecule has 3 aliphatic carbocycles. The summed E-state index contributed by atoms with van der Waals surface area (Å²) in [7, 11) is 0. The molecule has 36 heavy (non-hydrogen) atoms. The Morgan fingerprint density at radius 1 is 1.14 bits per heavy atom. The van der Waals surface area contributed by atoms with Crippen LogP contribution in [0.2, 0.25) is 0 Å². The van der Waals surface area contributed by atoms with E-state index in [4.69, 9.17) is 9.47 Å². The summed E-state index contributed by atoms with van der Waals surface area (Å²) >= 11 is 0. The Labute approximate surface area is 218 Å². The van der Waals surface area contributed by atoms with Gasteiger partial charge in [0, 0.05) is 20.3 Å². The first kappa shape index (κ1) is 28.7. The van der Waals surface area contributed by atoms with Crippen molar-refractivity contribution in [3.05, 3.63) is 35.5 Å². The van der Waals surface area contributed by atoms with E-state index in [1.54, 1.807) is 19.4 Å². The van der Waals surface area contributed by atoms with E-state index in [2.05, 4.69) is 32.6 Å². The van der Waals surface area contributed by atoms with Crippen LogP contribution in [0.25, 0.3) is 0 Å². The molecule has 0 saturated heterocycles. The minimum absolute atomic E-state index is 0.0364. The molecule has 3 fully saturated rings. The highest BCUT2D eigenvalue weighted by Gasteiger charge is 2.50. The monoisotopic (exact) mass is 500 g/mol. The van der Waals surface area contributed by atoms with Crippen molar-refractivity contribution < 1.29 is 24.2 Å². The maximum absolute atomic E-state index is 11.6. The van der Waals surface area contributed by atoms with Crippen molar-refractivity contribution >= 4 is 11.9 Å². The van der Waals surface area contributed by atoms with Crippen molar-refractivity contribution in [2.75, 3.05) is 0 Å². The highest BCUT2D eigenvalue weighted by molar-refractivity contribution is 5.66. The number of hydrogen-bond acceptors (Lipinski definition) is 5. The number of aliphatic hydroxyl groups is 1. The molecule has 5 nitrogen and oxygen atoms in total. The first-order chi connectivity index (χ1) is 16.8. The lowest BCUT2D eigenvalue weighted by Gasteiger charge is -2.44. The maximum Gasteiger partial charge on any atom is 0.303 e. The van der Waals surface area contributed by atoms with Gasteiger partial charge in [-0.2, -0.15) is 0 Å². The van der Waals surface area contributed by atoms with Gasteiger partial charge < -0.3 is 14.6 Å². The second-order valence-corrected chi connectivity index (χ2v) is 12.4. The van der Waals surface area contributed by atoms with Crippen LogP contribution in [-0.2, 0) is 19.1 Å². The van der Waals surface area contributed by atoms with Gasteiger partial charge in [0.25, 0.3) is 0 Å². The van der Waals surface area contributed by atoms with Gasteiger partial charge in [0.2, 0.25) is 0 Å². The molecule has 3 saturated carbocycles. The fourth-order valence-electron chi connectivity index (χ4n) is 7.30. The van der Waals surface area contributed by atoms with Crippen molar-refractivity contribution in [1.82, 2.24) is 0 Å². The Hall–Kier alpha value is -1.88. The molecule has 0 amide bonds. The summed E-state index contributed by atoms with van der Waals surface area (Å²) in [5.74, 6) is 1.17. The largest absolute Gasteiger partial charge is 0.462 e. The number of fused-ring (bicyclic) bond motifs is 1. The van der Waals surface area contributed by atoms with E-state index in [0.29, 0.717) is 24.2 Å². The predicted octanol–water partition coefficient (Wildman–Crippen LogP) is 6.85. The van der Waals surface area contributed by atoms with Crippen molar-refractivity contribution in [3.63, 3.8) is 0 Å². The van der Waals surface area contributed by atoms with Crippen molar-refractivity contribution in [3.8, 4) is 0 Å². The van der Waals surface area contributed by atoms with Crippen LogP contribution in [0.4, 0.5) is 0 Å². The third-order valence-corrected chi connectivity index (χ3v) is 9.21. The van der Waals surface area contributed by atoms with E-state index in [0.717, 1.165) is 32.1 Å². The number of esters is 2. The standard InChI is InChI=1S/C31H48O5/c1-20-10-14-26(35-22(3)32)19-25(20)13-12-24-9-8-18-31(7)27(15-16-28(24)31)21(2)11-17-29(30(5,6)34)36-23(4)33/h12-13,21,26-29,34H,1,8-11,14-19H2,2-7H3/b24-12?,25-13-/t21-,26+,27-,28?,29?,31-/m1/s1. The van der Waals surface area contributed by atoms with E-state index < -0.39 is 11.7 Å². The van der Waals surface area contributed by atoms with Gasteiger partial charge >= 0.3 is 11.9 Å². The second-order valence-electron chi connectivity index (χ2n) is 12.4. The Balaban J connectivity index is 1.69. The first-order valence-corrected chi connectivity index (χ1v) is 14.0. The molecule has 0 aromatic carbocycles. The Morgan fingerprint density at radius 3 is 2.50 bits per heavy atom. The van der Waals surface area contributed by atoms with Gasteiger partial charge in [-0.1, -0.05) is 43.7 Å². The van der Waals surface area contributed by atoms with E-state index >= 15 is 0 Å². The second kappa shape index (κ2) is 11.7. The molecular weight excluding hydrogens is 452 g/mol. The van der Waals surface area contributed by atoms with Crippen molar-refractivity contribution in [1.29, 1.82) is 0 Å². The summed E-state index contributed by atoms with van der Waals surface area (Å²) in [5, 5.41) is 10.5. The molecule has 0 bridgehead atoms. The zero-order valence-electron chi connectivity index (χ0n) is 23.4. The molecule has 0 heterocycles. The average molecular weight is 501 g/mol. The number of carbonyl (C=O) groups is 2. The molecule has 5 heteroatoms. The Bertz CT molecular complexity index is 891. The lowest BCUT2D eigenvalue weighted by molar-refractivity contribution is -0.160. The minimum atomic E-state index is -1.04. The fourth-order valence-corrected chi connectivity index (χ4v) is 7.30. The molecule has 0 aliphatic heterocycles. The van der Waals surface area contributed by atoms with Crippen LogP contribution in [0.1, 0.15) is 106 Å². The zero-order chi connectivity index (χ0) is 26.7. The number of carbonyl (C=O) groups excluding carboxylic acids is 2. The molecule has 3 aliphatic rings. The van der Waals surface area contributed by atoms with Crippen LogP contribution < -0.4 is 0 Å². The third kappa shape index (κ3) is 6.90. The van der Waals surface area contributed by atoms with Crippen LogP contribution >= 0.6 is 0 Å². The molecular formula is C31H48O5. The topological polar surface area (TPSA) is 72.8 Å². The minimum Gasteiger partial charge on any atom is -0.462 e. The van der Waals surface area contributed by atoms with E-state index in [1.807, 2.05) is 0 Å². The summed E-state index contributed by atoms with van der Waals surface area (Å²) in [5.41, 5.74) is 3.18. The highest BCUT2D eigenvalue weighted by Crippen LogP contribution is 2.60. The molecule has 0 spiro atoms. The third-order valence-electron chi connectivity index (χ3n) is 9.21. The molecule has 0 radical (unpaired) electrons. The Morgan fingerprint density at radius 2 is 1.86 bits per heavy atom. The van der Waals surface area contributed by atoms with E-state index in [9.17, 15) is 14.7 Å². The lowest BCUT2D eigenvalue weighted by atomic mass is 9.60. The van der Waals surface area contributed by atoms with E-state index in [1.165, 1.54) is 50.7 Å². The molecule has 2 unspecified atom stereocenters. The maximum atomic E-state index is 11.6. The fraction of sp³-hybridized carbons (Fsp3) is 0.742. The van der Waals surface area contributed by atoms with Gasteiger partial charge in [0.05, 0.1) is 5.60 Å². The smallest absolute Gasteiger partial charge is 0.303 e. The van der Waals surface area contributed by atoms with E-state index in [-0.39, 0.29) is 23.5 Å². The predicted molar refractivity (Wildman–Crippen MR) is 143 cm³/mol. The van der Waals surface area contributed by atoms with Crippen molar-refractivity contribution in [2.45, 2.75) is 124 Å². The summed E-state index contributed by atoms with van der Waals surface area (Å²) < 4.78 is 10.9. The quantitative estimate of drug-likeness (QED) is 0.369. The molecule has 202 valence electrons. The normalized spacial score (nSPS) is 32.8. The van der Waals surface area contributed by atoms with Crippen LogP contribution in [0, 0.1) is 23.2 Å². The van der Waals surface area contributed by atoms with Crippen LogP contribution in [0.5, 0.6) is 0 Å². The number of ether oxygens (including phenoxy) is 2. The first-order valence-electron chi connectivity index (χ1n) is 14.0. The van der Waals surface area contributed by atoms with Gasteiger partial charge in [-0.15, -0.1) is 0 Å². The zero-order valence-corrected chi connectivity index (χ0v) is 23.4. The SMILES string of the molecule is C=C1CC[C@H](OC(C)=O)C/C1=C/C=C1CCC[C@@]2(C)C1CC[C@@H]2[C@H](C)CCC(OC(C)=O)C(C)(C)O. The summed E-state index contributed by atoms with van der Waals surface area (Å²) in [6.07, 6.45) is 14.3. The average Bonchev–Trinajstić information content (AvgIpc) is 3.13. The van der Waals surface area contributed by atoms with Gasteiger partial charge in [-0.3, -0.25) is 9.59 Å².